The van der Waals surface area contributed by atoms with Gasteiger partial charge >= 0.3 is 0 Å². The van der Waals surface area contributed by atoms with Crippen LogP contribution in [0.4, 0.5) is 0 Å². The van der Waals surface area contributed by atoms with E-state index in [9.17, 15) is 5.11 Å². The molecule has 5 heteroatoms. The second-order valence-electron chi connectivity index (χ2n) is 4.32. The highest BCUT2D eigenvalue weighted by Crippen LogP contribution is 2.26. The van der Waals surface area contributed by atoms with Gasteiger partial charge < -0.3 is 5.11 Å². The van der Waals surface area contributed by atoms with Crippen molar-refractivity contribution in [1.82, 2.24) is 15.0 Å². The van der Waals surface area contributed by atoms with E-state index in [4.69, 9.17) is 0 Å². The van der Waals surface area contributed by atoms with Crippen LogP contribution in [0.15, 0.2) is 59.2 Å². The summed E-state index contributed by atoms with van der Waals surface area (Å²) in [7, 11) is 0. The monoisotopic (exact) mass is 329 g/mol. The molecule has 3 rings (SSSR count). The molecule has 0 saturated carbocycles. The highest BCUT2D eigenvalue weighted by atomic mass is 79.9. The van der Waals surface area contributed by atoms with Gasteiger partial charge in [0, 0.05) is 15.6 Å². The number of hydrogen-bond acceptors (Lipinski definition) is 3. The van der Waals surface area contributed by atoms with Gasteiger partial charge in [0.2, 0.25) is 0 Å². The predicted molar refractivity (Wildman–Crippen MR) is 80.4 cm³/mol. The Morgan fingerprint density at radius 2 is 1.80 bits per heavy atom. The molecule has 3 aromatic rings. The number of aromatic nitrogens is 3. The molecule has 2 aromatic carbocycles. The van der Waals surface area contributed by atoms with Gasteiger partial charge in [-0.25, -0.2) is 4.68 Å². The normalized spacial score (nSPS) is 10.7. The van der Waals surface area contributed by atoms with Crippen LogP contribution >= 0.6 is 15.9 Å². The molecular weight excluding hydrogens is 318 g/mol. The molecule has 0 fully saturated rings. The Labute approximate surface area is 124 Å². The lowest BCUT2D eigenvalue weighted by atomic mass is 10.1. The fourth-order valence-corrected chi connectivity index (χ4v) is 2.53. The van der Waals surface area contributed by atoms with Crippen molar-refractivity contribution >= 4 is 15.9 Å². The van der Waals surface area contributed by atoms with Crippen LogP contribution < -0.4 is 0 Å². The summed E-state index contributed by atoms with van der Waals surface area (Å²) in [6.07, 6.45) is 1.86. The average molecular weight is 330 g/mol. The number of benzene rings is 2. The zero-order valence-corrected chi connectivity index (χ0v) is 12.2. The van der Waals surface area contributed by atoms with Gasteiger partial charge in [0.25, 0.3) is 0 Å². The van der Waals surface area contributed by atoms with Crippen molar-refractivity contribution in [2.75, 3.05) is 0 Å². The van der Waals surface area contributed by atoms with Gasteiger partial charge in [0.05, 0.1) is 18.5 Å². The Morgan fingerprint density at radius 3 is 2.60 bits per heavy atom. The van der Waals surface area contributed by atoms with E-state index in [-0.39, 0.29) is 6.61 Å². The zero-order valence-electron chi connectivity index (χ0n) is 10.6. The summed E-state index contributed by atoms with van der Waals surface area (Å²) in [4.78, 5) is 0. The molecule has 0 spiro atoms. The van der Waals surface area contributed by atoms with Gasteiger partial charge in [-0.2, -0.15) is 0 Å². The third-order valence-electron chi connectivity index (χ3n) is 3.05. The molecule has 1 aromatic heterocycles. The van der Waals surface area contributed by atoms with Gasteiger partial charge in [0.15, 0.2) is 0 Å². The predicted octanol–water partition coefficient (Wildman–Crippen LogP) is 3.19. The Morgan fingerprint density at radius 1 is 1.05 bits per heavy atom. The van der Waals surface area contributed by atoms with Crippen LogP contribution in [-0.4, -0.2) is 20.1 Å². The molecule has 0 bridgehead atoms. The van der Waals surface area contributed by atoms with Crippen molar-refractivity contribution in [3.05, 3.63) is 64.8 Å². The summed E-state index contributed by atoms with van der Waals surface area (Å²) in [6, 6.07) is 15.4. The van der Waals surface area contributed by atoms with Crippen LogP contribution in [0.3, 0.4) is 0 Å². The third-order valence-corrected chi connectivity index (χ3v) is 3.74. The SMILES string of the molecule is OCc1ccccc1-n1cc(-c2ccccc2Br)nn1. The van der Waals surface area contributed by atoms with E-state index < -0.39 is 0 Å². The van der Waals surface area contributed by atoms with E-state index in [2.05, 4.69) is 26.2 Å². The summed E-state index contributed by atoms with van der Waals surface area (Å²) in [5, 5.41) is 17.7. The van der Waals surface area contributed by atoms with Gasteiger partial charge in [-0.1, -0.05) is 57.5 Å². The third kappa shape index (κ3) is 2.37. The molecule has 0 aliphatic heterocycles. The van der Waals surface area contributed by atoms with Crippen molar-refractivity contribution in [3.8, 4) is 16.9 Å². The lowest BCUT2D eigenvalue weighted by Crippen LogP contribution is -2.00. The Hall–Kier alpha value is -1.98. The maximum Gasteiger partial charge on any atom is 0.114 e. The molecule has 0 amide bonds. The first-order chi connectivity index (χ1) is 9.79. The maximum atomic E-state index is 9.38. The van der Waals surface area contributed by atoms with Crippen molar-refractivity contribution in [2.45, 2.75) is 6.61 Å². The Kier molecular flexibility index (Phi) is 3.62. The van der Waals surface area contributed by atoms with Crippen molar-refractivity contribution in [3.63, 3.8) is 0 Å². The number of rotatable bonds is 3. The summed E-state index contributed by atoms with van der Waals surface area (Å²) < 4.78 is 2.66. The van der Waals surface area contributed by atoms with Gasteiger partial charge in [-0.05, 0) is 12.1 Å². The van der Waals surface area contributed by atoms with Gasteiger partial charge in [0.1, 0.15) is 5.69 Å². The number of hydrogen-bond donors (Lipinski definition) is 1. The molecular formula is C15H12BrN3O. The first kappa shape index (κ1) is 13.0. The highest BCUT2D eigenvalue weighted by molar-refractivity contribution is 9.10. The smallest absolute Gasteiger partial charge is 0.114 e. The fourth-order valence-electron chi connectivity index (χ4n) is 2.04. The van der Waals surface area contributed by atoms with Crippen molar-refractivity contribution in [1.29, 1.82) is 0 Å². The second kappa shape index (κ2) is 5.56. The molecule has 0 saturated heterocycles. The van der Waals surface area contributed by atoms with Crippen molar-refractivity contribution in [2.24, 2.45) is 0 Å². The zero-order chi connectivity index (χ0) is 13.9. The van der Waals surface area contributed by atoms with Crippen LogP contribution in [0, 0.1) is 0 Å². The molecule has 20 heavy (non-hydrogen) atoms. The Bertz CT molecular complexity index is 739. The minimum Gasteiger partial charge on any atom is -0.392 e. The number of para-hydroxylation sites is 1. The summed E-state index contributed by atoms with van der Waals surface area (Å²) in [5.41, 5.74) is 3.42. The largest absolute Gasteiger partial charge is 0.392 e. The van der Waals surface area contributed by atoms with E-state index in [1.54, 1.807) is 4.68 Å². The molecule has 100 valence electrons. The van der Waals surface area contributed by atoms with E-state index in [0.29, 0.717) is 0 Å². The lowest BCUT2D eigenvalue weighted by molar-refractivity contribution is 0.281. The van der Waals surface area contributed by atoms with E-state index in [1.165, 1.54) is 0 Å². The molecule has 0 atom stereocenters. The molecule has 1 heterocycles. The molecule has 0 aliphatic rings. The van der Waals surface area contributed by atoms with Gasteiger partial charge in [-0.15, -0.1) is 5.10 Å². The minimum atomic E-state index is -0.0274. The minimum absolute atomic E-state index is 0.0274. The lowest BCUT2D eigenvalue weighted by Gasteiger charge is -2.05. The number of halogens is 1. The van der Waals surface area contributed by atoms with Crippen LogP contribution in [0.2, 0.25) is 0 Å². The topological polar surface area (TPSA) is 50.9 Å². The summed E-state index contributed by atoms with van der Waals surface area (Å²) in [5.74, 6) is 0. The van der Waals surface area contributed by atoms with E-state index >= 15 is 0 Å². The fraction of sp³-hybridized carbons (Fsp3) is 0.0667. The highest BCUT2D eigenvalue weighted by Gasteiger charge is 2.10. The molecule has 1 N–H and O–H groups in total. The van der Waals surface area contributed by atoms with E-state index in [0.717, 1.165) is 27.0 Å². The molecule has 0 aliphatic carbocycles. The van der Waals surface area contributed by atoms with Crippen LogP contribution in [-0.2, 0) is 6.61 Å². The van der Waals surface area contributed by atoms with Crippen LogP contribution in [0.25, 0.3) is 16.9 Å². The number of nitrogens with zero attached hydrogens (tertiary/aromatic N) is 3. The standard InChI is InChI=1S/C15H12BrN3O/c16-13-7-3-2-6-12(13)14-9-19(18-17-14)15-8-4-1-5-11(15)10-20/h1-9,20H,10H2. The van der Waals surface area contributed by atoms with Crippen LogP contribution in [0.5, 0.6) is 0 Å². The summed E-state index contributed by atoms with van der Waals surface area (Å²) in [6.45, 7) is -0.0274. The Balaban J connectivity index is 2.05. The number of aliphatic hydroxyl groups excluding tert-OH is 1. The first-order valence-corrected chi connectivity index (χ1v) is 6.95. The quantitative estimate of drug-likeness (QED) is 0.802. The van der Waals surface area contributed by atoms with Crippen LogP contribution in [0.1, 0.15) is 5.56 Å². The average Bonchev–Trinajstić information content (AvgIpc) is 2.97. The molecule has 4 nitrogen and oxygen atoms in total. The summed E-state index contributed by atoms with van der Waals surface area (Å²) >= 11 is 3.51. The first-order valence-electron chi connectivity index (χ1n) is 6.16. The molecule has 0 radical (unpaired) electrons. The molecule has 0 unspecified atom stereocenters. The number of aliphatic hydroxyl groups is 1. The van der Waals surface area contributed by atoms with Gasteiger partial charge in [-0.3, -0.25) is 0 Å². The maximum absolute atomic E-state index is 9.38. The second-order valence-corrected chi connectivity index (χ2v) is 5.17. The van der Waals surface area contributed by atoms with E-state index in [1.807, 2.05) is 54.7 Å². The van der Waals surface area contributed by atoms with Crippen molar-refractivity contribution < 1.29 is 5.11 Å².